The van der Waals surface area contributed by atoms with E-state index in [0.29, 0.717) is 10.4 Å². The van der Waals surface area contributed by atoms with E-state index in [2.05, 4.69) is 4.98 Å². The van der Waals surface area contributed by atoms with E-state index in [0.717, 1.165) is 0 Å². The maximum absolute atomic E-state index is 10.8. The minimum absolute atomic E-state index is 0.0716. The zero-order valence-electron chi connectivity index (χ0n) is 7.28. The average molecular weight is 243 g/mol. The summed E-state index contributed by atoms with van der Waals surface area (Å²) in [5.74, 6) is 0. The molecule has 0 saturated heterocycles. The van der Waals surface area contributed by atoms with E-state index in [1.165, 1.54) is 12.3 Å². The molecule has 0 saturated carbocycles. The van der Waals surface area contributed by atoms with Crippen LogP contribution in [0.2, 0.25) is 10.0 Å². The molecule has 1 heterocycles. The largest absolute Gasteiger partial charge is 0.313 e. The van der Waals surface area contributed by atoms with Crippen molar-refractivity contribution in [3.63, 3.8) is 0 Å². The van der Waals surface area contributed by atoms with E-state index in [4.69, 9.17) is 23.2 Å². The lowest BCUT2D eigenvalue weighted by Crippen LogP contribution is -1.92. The van der Waals surface area contributed by atoms with Crippen LogP contribution in [-0.4, -0.2) is 9.91 Å². The van der Waals surface area contributed by atoms with Gasteiger partial charge in [0.05, 0.1) is 9.95 Å². The molecule has 4 nitrogen and oxygen atoms in total. The highest BCUT2D eigenvalue weighted by Crippen LogP contribution is 2.32. The van der Waals surface area contributed by atoms with E-state index in [1.807, 2.05) is 0 Å². The van der Waals surface area contributed by atoms with Gasteiger partial charge in [-0.2, -0.15) is 0 Å². The van der Waals surface area contributed by atoms with Gasteiger partial charge in [-0.25, -0.2) is 4.98 Å². The fourth-order valence-electron chi connectivity index (χ4n) is 1.31. The first-order valence-corrected chi connectivity index (χ1v) is 4.73. The number of nitro benzene ring substituents is 1. The molecule has 0 fully saturated rings. The van der Waals surface area contributed by atoms with Crippen LogP contribution in [0.1, 0.15) is 0 Å². The Balaban J connectivity index is 2.88. The first-order valence-electron chi connectivity index (χ1n) is 3.98. The number of rotatable bonds is 1. The molecular formula is C9H4Cl2N2O2. The van der Waals surface area contributed by atoms with Gasteiger partial charge in [0.2, 0.25) is 0 Å². The molecule has 0 aliphatic rings. The van der Waals surface area contributed by atoms with Gasteiger partial charge in [0.25, 0.3) is 0 Å². The first-order chi connectivity index (χ1) is 7.09. The van der Waals surface area contributed by atoms with Crippen LogP contribution in [0.4, 0.5) is 5.69 Å². The molecule has 0 radical (unpaired) electrons. The highest BCUT2D eigenvalue weighted by molar-refractivity contribution is 6.34. The number of hydrogen-bond donors (Lipinski definition) is 0. The third-order valence-electron chi connectivity index (χ3n) is 1.93. The number of nitrogens with zero attached hydrogens (tertiary/aromatic N) is 2. The Labute approximate surface area is 94.6 Å². The standard InChI is InChI=1S/C9H4Cl2N2O2/c10-6-3-5-1-2-7(11)9(13(14)15)8(5)12-4-6/h1-4H. The Morgan fingerprint density at radius 2 is 2.07 bits per heavy atom. The Bertz CT molecular complexity index is 557. The normalized spacial score (nSPS) is 10.5. The second-order valence-corrected chi connectivity index (χ2v) is 3.72. The van der Waals surface area contributed by atoms with Crippen molar-refractivity contribution in [1.82, 2.24) is 4.98 Å². The quantitative estimate of drug-likeness (QED) is 0.569. The van der Waals surface area contributed by atoms with E-state index in [9.17, 15) is 10.1 Å². The minimum Gasteiger partial charge on any atom is -0.258 e. The molecule has 0 unspecified atom stereocenters. The van der Waals surface area contributed by atoms with Crippen LogP contribution < -0.4 is 0 Å². The Hall–Kier alpha value is -1.39. The molecule has 0 amide bonds. The van der Waals surface area contributed by atoms with Crippen molar-refractivity contribution < 1.29 is 4.92 Å². The second-order valence-electron chi connectivity index (χ2n) is 2.88. The third kappa shape index (κ3) is 1.73. The number of benzene rings is 1. The molecule has 6 heteroatoms. The van der Waals surface area contributed by atoms with Crippen LogP contribution in [0.3, 0.4) is 0 Å². The molecule has 1 aromatic carbocycles. The maximum Gasteiger partial charge on any atom is 0.313 e. The Kier molecular flexibility index (Phi) is 2.46. The number of nitro groups is 1. The molecule has 2 rings (SSSR count). The average Bonchev–Trinajstić information content (AvgIpc) is 2.17. The molecule has 15 heavy (non-hydrogen) atoms. The van der Waals surface area contributed by atoms with E-state index in [1.54, 1.807) is 12.1 Å². The molecule has 0 bridgehead atoms. The van der Waals surface area contributed by atoms with Crippen LogP contribution in [0.15, 0.2) is 24.4 Å². The molecule has 76 valence electrons. The summed E-state index contributed by atoms with van der Waals surface area (Å²) in [7, 11) is 0. The molecule has 1 aromatic heterocycles. The van der Waals surface area contributed by atoms with Crippen molar-refractivity contribution in [2.24, 2.45) is 0 Å². The smallest absolute Gasteiger partial charge is 0.258 e. The zero-order valence-corrected chi connectivity index (χ0v) is 8.79. The monoisotopic (exact) mass is 242 g/mol. The van der Waals surface area contributed by atoms with Crippen molar-refractivity contribution in [2.45, 2.75) is 0 Å². The van der Waals surface area contributed by atoms with Crippen molar-refractivity contribution in [1.29, 1.82) is 0 Å². The lowest BCUT2D eigenvalue weighted by molar-refractivity contribution is -0.383. The highest BCUT2D eigenvalue weighted by Gasteiger charge is 2.18. The lowest BCUT2D eigenvalue weighted by Gasteiger charge is -2.00. The number of hydrogen-bond acceptors (Lipinski definition) is 3. The van der Waals surface area contributed by atoms with Gasteiger partial charge in [0, 0.05) is 11.6 Å². The van der Waals surface area contributed by atoms with Gasteiger partial charge in [0.15, 0.2) is 0 Å². The fourth-order valence-corrected chi connectivity index (χ4v) is 1.70. The molecule has 0 atom stereocenters. The van der Waals surface area contributed by atoms with Gasteiger partial charge in [0.1, 0.15) is 10.5 Å². The van der Waals surface area contributed by atoms with Crippen molar-refractivity contribution in [2.75, 3.05) is 0 Å². The van der Waals surface area contributed by atoms with Crippen molar-refractivity contribution in [3.05, 3.63) is 44.6 Å². The van der Waals surface area contributed by atoms with Crippen LogP contribution in [-0.2, 0) is 0 Å². The molecule has 2 aromatic rings. The van der Waals surface area contributed by atoms with Crippen LogP contribution in [0.5, 0.6) is 0 Å². The zero-order chi connectivity index (χ0) is 11.0. The molecule has 0 N–H and O–H groups in total. The first kappa shape index (κ1) is 10.1. The van der Waals surface area contributed by atoms with Crippen molar-refractivity contribution in [3.8, 4) is 0 Å². The van der Waals surface area contributed by atoms with Crippen LogP contribution in [0, 0.1) is 10.1 Å². The molecule has 0 spiro atoms. The molecule has 0 aliphatic heterocycles. The van der Waals surface area contributed by atoms with E-state index < -0.39 is 4.92 Å². The van der Waals surface area contributed by atoms with Gasteiger partial charge >= 0.3 is 5.69 Å². The fraction of sp³-hybridized carbons (Fsp3) is 0. The number of halogens is 2. The highest BCUT2D eigenvalue weighted by atomic mass is 35.5. The summed E-state index contributed by atoms with van der Waals surface area (Å²) in [5.41, 5.74) is 0.0581. The van der Waals surface area contributed by atoms with Gasteiger partial charge < -0.3 is 0 Å². The summed E-state index contributed by atoms with van der Waals surface area (Å²) >= 11 is 11.4. The van der Waals surface area contributed by atoms with Gasteiger partial charge in [-0.3, -0.25) is 10.1 Å². The lowest BCUT2D eigenvalue weighted by atomic mass is 10.2. The van der Waals surface area contributed by atoms with E-state index >= 15 is 0 Å². The summed E-state index contributed by atoms with van der Waals surface area (Å²) in [6.45, 7) is 0. The summed E-state index contributed by atoms with van der Waals surface area (Å²) in [5, 5.41) is 11.9. The minimum atomic E-state index is -0.550. The number of pyridine rings is 1. The SMILES string of the molecule is O=[N+]([O-])c1c(Cl)ccc2cc(Cl)cnc12. The summed E-state index contributed by atoms with van der Waals surface area (Å²) in [6.07, 6.45) is 1.35. The van der Waals surface area contributed by atoms with Gasteiger partial charge in [-0.05, 0) is 12.1 Å². The summed E-state index contributed by atoms with van der Waals surface area (Å²) in [4.78, 5) is 14.1. The Morgan fingerprint density at radius 3 is 2.73 bits per heavy atom. The van der Waals surface area contributed by atoms with Crippen LogP contribution >= 0.6 is 23.2 Å². The number of fused-ring (bicyclic) bond motifs is 1. The predicted molar refractivity (Wildman–Crippen MR) is 58.4 cm³/mol. The second kappa shape index (κ2) is 3.64. The van der Waals surface area contributed by atoms with Crippen LogP contribution in [0.25, 0.3) is 10.9 Å². The molecule has 0 aliphatic carbocycles. The summed E-state index contributed by atoms with van der Waals surface area (Å²) < 4.78 is 0. The van der Waals surface area contributed by atoms with Gasteiger partial charge in [-0.1, -0.05) is 29.3 Å². The topological polar surface area (TPSA) is 56.0 Å². The number of aromatic nitrogens is 1. The summed E-state index contributed by atoms with van der Waals surface area (Å²) in [6, 6.07) is 4.71. The van der Waals surface area contributed by atoms with Crippen molar-refractivity contribution >= 4 is 39.8 Å². The van der Waals surface area contributed by atoms with Gasteiger partial charge in [-0.15, -0.1) is 0 Å². The maximum atomic E-state index is 10.8. The molecular weight excluding hydrogens is 239 g/mol. The predicted octanol–water partition coefficient (Wildman–Crippen LogP) is 3.45. The Morgan fingerprint density at radius 1 is 1.33 bits per heavy atom. The van der Waals surface area contributed by atoms with E-state index in [-0.39, 0.29) is 16.2 Å². The third-order valence-corrected chi connectivity index (χ3v) is 2.44.